The van der Waals surface area contributed by atoms with Gasteiger partial charge in [-0.25, -0.2) is 0 Å². The van der Waals surface area contributed by atoms with Crippen LogP contribution in [0.2, 0.25) is 0 Å². The summed E-state index contributed by atoms with van der Waals surface area (Å²) < 4.78 is 2.64. The van der Waals surface area contributed by atoms with E-state index in [0.29, 0.717) is 13.0 Å². The third-order valence-electron chi connectivity index (χ3n) is 2.53. The Kier molecular flexibility index (Phi) is 4.15. The van der Waals surface area contributed by atoms with Crippen molar-refractivity contribution in [1.29, 1.82) is 0 Å². The molecule has 1 heterocycles. The quantitative estimate of drug-likeness (QED) is 0.944. The van der Waals surface area contributed by atoms with E-state index < -0.39 is 0 Å². The zero-order valence-electron chi connectivity index (χ0n) is 10.1. The Bertz CT molecular complexity index is 537. The molecule has 18 heavy (non-hydrogen) atoms. The van der Waals surface area contributed by atoms with Crippen LogP contribution in [-0.4, -0.2) is 15.7 Å². The lowest BCUT2D eigenvalue weighted by Crippen LogP contribution is -2.15. The van der Waals surface area contributed by atoms with E-state index in [0.717, 1.165) is 15.7 Å². The van der Waals surface area contributed by atoms with Crippen molar-refractivity contribution in [3.63, 3.8) is 0 Å². The van der Waals surface area contributed by atoms with Crippen molar-refractivity contribution in [3.05, 3.63) is 46.7 Å². The molecule has 0 radical (unpaired) electrons. The van der Waals surface area contributed by atoms with Gasteiger partial charge < -0.3 is 5.32 Å². The highest BCUT2D eigenvalue weighted by atomic mass is 79.9. The number of anilines is 1. The van der Waals surface area contributed by atoms with Crippen LogP contribution in [0, 0.1) is 6.92 Å². The van der Waals surface area contributed by atoms with Crippen molar-refractivity contribution in [2.45, 2.75) is 19.9 Å². The van der Waals surface area contributed by atoms with Gasteiger partial charge in [-0.15, -0.1) is 0 Å². The van der Waals surface area contributed by atoms with Crippen LogP contribution in [0.3, 0.4) is 0 Å². The Labute approximate surface area is 114 Å². The molecule has 0 unspecified atom stereocenters. The van der Waals surface area contributed by atoms with Crippen LogP contribution >= 0.6 is 15.9 Å². The van der Waals surface area contributed by atoms with Gasteiger partial charge in [0.25, 0.3) is 0 Å². The van der Waals surface area contributed by atoms with E-state index in [1.807, 2.05) is 37.4 Å². The minimum absolute atomic E-state index is 0.0185. The molecule has 1 amide bonds. The third-order valence-corrected chi connectivity index (χ3v) is 3.18. The third kappa shape index (κ3) is 3.43. The second-order valence-electron chi connectivity index (χ2n) is 4.05. The molecule has 1 N–H and O–H groups in total. The maximum Gasteiger partial charge on any atom is 0.226 e. The molecule has 0 aliphatic heterocycles. The monoisotopic (exact) mass is 307 g/mol. The number of amides is 1. The molecule has 2 aromatic rings. The van der Waals surface area contributed by atoms with Gasteiger partial charge in [-0.3, -0.25) is 9.48 Å². The zero-order valence-corrected chi connectivity index (χ0v) is 11.6. The summed E-state index contributed by atoms with van der Waals surface area (Å²) in [4.78, 5) is 11.8. The average molecular weight is 308 g/mol. The smallest absolute Gasteiger partial charge is 0.226 e. The van der Waals surface area contributed by atoms with Crippen molar-refractivity contribution >= 4 is 27.5 Å². The molecule has 94 valence electrons. The number of hydrogen-bond acceptors (Lipinski definition) is 2. The summed E-state index contributed by atoms with van der Waals surface area (Å²) in [6.07, 6.45) is 3.95. The number of nitrogens with zero attached hydrogens (tertiary/aromatic N) is 2. The van der Waals surface area contributed by atoms with Gasteiger partial charge in [-0.1, -0.05) is 6.07 Å². The summed E-state index contributed by atoms with van der Waals surface area (Å²) in [6.45, 7) is 2.59. The molecule has 0 spiro atoms. The number of rotatable bonds is 4. The molecule has 5 heteroatoms. The van der Waals surface area contributed by atoms with Crippen LogP contribution in [-0.2, 0) is 11.3 Å². The first-order chi connectivity index (χ1) is 8.65. The van der Waals surface area contributed by atoms with Crippen molar-refractivity contribution in [1.82, 2.24) is 9.78 Å². The Morgan fingerprint density at radius 2 is 2.33 bits per heavy atom. The predicted octanol–water partition coefficient (Wildman–Crippen LogP) is 2.98. The first kappa shape index (κ1) is 12.8. The van der Waals surface area contributed by atoms with Crippen LogP contribution < -0.4 is 5.32 Å². The number of aryl methyl sites for hydroxylation is 2. The average Bonchev–Trinajstić information content (AvgIpc) is 2.83. The number of nitrogens with one attached hydrogen (secondary N) is 1. The molecule has 0 fully saturated rings. The second-order valence-corrected chi connectivity index (χ2v) is 4.90. The number of carbonyl (C=O) groups is 1. The highest BCUT2D eigenvalue weighted by Crippen LogP contribution is 2.23. The Hall–Kier alpha value is -1.62. The Morgan fingerprint density at radius 1 is 1.50 bits per heavy atom. The van der Waals surface area contributed by atoms with Crippen molar-refractivity contribution in [3.8, 4) is 0 Å². The van der Waals surface area contributed by atoms with E-state index in [1.165, 1.54) is 0 Å². The molecule has 0 aliphatic rings. The van der Waals surface area contributed by atoms with Gasteiger partial charge in [-0.2, -0.15) is 5.10 Å². The first-order valence-corrected chi connectivity index (χ1v) is 6.48. The number of aromatic nitrogens is 2. The molecule has 0 saturated heterocycles. The van der Waals surface area contributed by atoms with Gasteiger partial charge in [0.2, 0.25) is 5.91 Å². The van der Waals surface area contributed by atoms with E-state index in [-0.39, 0.29) is 5.91 Å². The lowest BCUT2D eigenvalue weighted by Gasteiger charge is -2.08. The van der Waals surface area contributed by atoms with Crippen LogP contribution in [0.15, 0.2) is 41.1 Å². The van der Waals surface area contributed by atoms with Crippen LogP contribution in [0.25, 0.3) is 0 Å². The van der Waals surface area contributed by atoms with E-state index in [1.54, 1.807) is 10.9 Å². The summed E-state index contributed by atoms with van der Waals surface area (Å²) in [5.74, 6) is -0.0185. The Balaban J connectivity index is 1.91. The minimum atomic E-state index is -0.0185. The topological polar surface area (TPSA) is 46.9 Å². The molecule has 0 atom stereocenters. The van der Waals surface area contributed by atoms with E-state index in [4.69, 9.17) is 0 Å². The summed E-state index contributed by atoms with van der Waals surface area (Å²) in [5.41, 5.74) is 1.95. The summed E-state index contributed by atoms with van der Waals surface area (Å²) in [6, 6.07) is 7.68. The van der Waals surface area contributed by atoms with Crippen molar-refractivity contribution < 1.29 is 4.79 Å². The molecule has 1 aromatic heterocycles. The van der Waals surface area contributed by atoms with Gasteiger partial charge in [-0.05, 0) is 46.6 Å². The molecule has 2 rings (SSSR count). The lowest BCUT2D eigenvalue weighted by molar-refractivity contribution is -0.116. The minimum Gasteiger partial charge on any atom is -0.325 e. The van der Waals surface area contributed by atoms with Gasteiger partial charge >= 0.3 is 0 Å². The fourth-order valence-electron chi connectivity index (χ4n) is 1.58. The fraction of sp³-hybridized carbons (Fsp3) is 0.231. The maximum absolute atomic E-state index is 11.8. The molecular formula is C13H14BrN3O. The first-order valence-electron chi connectivity index (χ1n) is 5.68. The van der Waals surface area contributed by atoms with Crippen molar-refractivity contribution in [2.75, 3.05) is 5.32 Å². The van der Waals surface area contributed by atoms with Crippen molar-refractivity contribution in [2.24, 2.45) is 0 Å². The Morgan fingerprint density at radius 3 is 3.00 bits per heavy atom. The van der Waals surface area contributed by atoms with Gasteiger partial charge in [0, 0.05) is 29.8 Å². The number of halogens is 1. The summed E-state index contributed by atoms with van der Waals surface area (Å²) in [5, 5.41) is 6.92. The standard InChI is InChI=1S/C13H14BrN3O/c1-10-3-4-12(11(14)9-10)16-13(18)5-8-17-7-2-6-15-17/h2-4,6-7,9H,5,8H2,1H3,(H,16,18). The lowest BCUT2D eigenvalue weighted by atomic mass is 10.2. The number of carbonyl (C=O) groups excluding carboxylic acids is 1. The SMILES string of the molecule is Cc1ccc(NC(=O)CCn2cccn2)c(Br)c1. The molecule has 0 saturated carbocycles. The maximum atomic E-state index is 11.8. The molecule has 4 nitrogen and oxygen atoms in total. The molecule has 0 bridgehead atoms. The number of benzene rings is 1. The van der Waals surface area contributed by atoms with E-state index >= 15 is 0 Å². The van der Waals surface area contributed by atoms with E-state index in [2.05, 4.69) is 26.3 Å². The van der Waals surface area contributed by atoms with Crippen LogP contribution in [0.5, 0.6) is 0 Å². The summed E-state index contributed by atoms with van der Waals surface area (Å²) in [7, 11) is 0. The molecular weight excluding hydrogens is 294 g/mol. The predicted molar refractivity (Wildman–Crippen MR) is 74.4 cm³/mol. The zero-order chi connectivity index (χ0) is 13.0. The molecule has 1 aromatic carbocycles. The summed E-state index contributed by atoms with van der Waals surface area (Å²) >= 11 is 3.43. The largest absolute Gasteiger partial charge is 0.325 e. The van der Waals surface area contributed by atoms with E-state index in [9.17, 15) is 4.79 Å². The number of hydrogen-bond donors (Lipinski definition) is 1. The van der Waals surface area contributed by atoms with Gasteiger partial charge in [0.05, 0.1) is 5.69 Å². The van der Waals surface area contributed by atoms with Gasteiger partial charge in [0.15, 0.2) is 0 Å². The molecule has 0 aliphatic carbocycles. The highest BCUT2D eigenvalue weighted by molar-refractivity contribution is 9.10. The van der Waals surface area contributed by atoms with Crippen LogP contribution in [0.1, 0.15) is 12.0 Å². The normalized spacial score (nSPS) is 10.3. The fourth-order valence-corrected chi connectivity index (χ4v) is 2.18. The van der Waals surface area contributed by atoms with Crippen LogP contribution in [0.4, 0.5) is 5.69 Å². The van der Waals surface area contributed by atoms with Gasteiger partial charge in [0.1, 0.15) is 0 Å². The highest BCUT2D eigenvalue weighted by Gasteiger charge is 2.05. The second kappa shape index (κ2) is 5.82.